The second-order valence-corrected chi connectivity index (χ2v) is 5.94. The van der Waals surface area contributed by atoms with Crippen LogP contribution in [0, 0.1) is 5.92 Å². The summed E-state index contributed by atoms with van der Waals surface area (Å²) in [6.07, 6.45) is 2.64. The summed E-state index contributed by atoms with van der Waals surface area (Å²) in [4.78, 5) is 0. The first-order valence-electron chi connectivity index (χ1n) is 7.53. The lowest BCUT2D eigenvalue weighted by Crippen LogP contribution is -2.42. The van der Waals surface area contributed by atoms with E-state index in [1.165, 1.54) is 0 Å². The molecule has 4 heteroatoms. The summed E-state index contributed by atoms with van der Waals surface area (Å²) < 4.78 is 12.8. The van der Waals surface area contributed by atoms with E-state index >= 15 is 0 Å². The Morgan fingerprint density at radius 3 is 2.20 bits per heavy atom. The van der Waals surface area contributed by atoms with Crippen LogP contribution >= 0.6 is 0 Å². The summed E-state index contributed by atoms with van der Waals surface area (Å²) in [6.45, 7) is 15.9. The van der Waals surface area contributed by atoms with E-state index in [9.17, 15) is 4.39 Å². The van der Waals surface area contributed by atoms with Gasteiger partial charge in [0.25, 0.3) is 0 Å². The van der Waals surface area contributed by atoms with Crippen LogP contribution in [0.25, 0.3) is 0 Å². The van der Waals surface area contributed by atoms with Gasteiger partial charge < -0.3 is 16.4 Å². The smallest absolute Gasteiger partial charge is 0.109 e. The lowest BCUT2D eigenvalue weighted by Gasteiger charge is -2.26. The number of nitrogens with one attached hydrogen (secondary N) is 2. The summed E-state index contributed by atoms with van der Waals surface area (Å²) in [6, 6.07) is -0.251. The number of nitrogens with two attached hydrogens (primary N) is 1. The van der Waals surface area contributed by atoms with Gasteiger partial charge in [0, 0.05) is 17.4 Å². The third kappa shape index (κ3) is 7.53. The molecule has 0 aliphatic heterocycles. The molecule has 0 aromatic carbocycles. The van der Waals surface area contributed by atoms with Gasteiger partial charge in [0.2, 0.25) is 0 Å². The molecule has 0 rings (SSSR count). The van der Waals surface area contributed by atoms with Crippen molar-refractivity contribution in [1.82, 2.24) is 10.6 Å². The minimum Gasteiger partial charge on any atom is -0.382 e. The van der Waals surface area contributed by atoms with Crippen LogP contribution in [0.2, 0.25) is 0 Å². The molecule has 118 valence electrons. The molecule has 0 radical (unpaired) electrons. The molecule has 3 atom stereocenters. The van der Waals surface area contributed by atoms with Crippen LogP contribution in [0.3, 0.4) is 0 Å². The Hall–Kier alpha value is -1.03. The van der Waals surface area contributed by atoms with Gasteiger partial charge in [-0.3, -0.25) is 0 Å². The number of hydrogen-bond donors (Lipinski definition) is 3. The van der Waals surface area contributed by atoms with Crippen molar-refractivity contribution >= 4 is 0 Å². The highest BCUT2D eigenvalue weighted by molar-refractivity contribution is 5.11. The van der Waals surface area contributed by atoms with Crippen molar-refractivity contribution in [3.63, 3.8) is 0 Å². The molecule has 0 aliphatic carbocycles. The van der Waals surface area contributed by atoms with Crippen LogP contribution in [0.1, 0.15) is 47.0 Å². The van der Waals surface area contributed by atoms with E-state index in [1.807, 2.05) is 13.8 Å². The van der Waals surface area contributed by atoms with Crippen LogP contribution < -0.4 is 16.4 Å². The number of alkyl halides is 1. The van der Waals surface area contributed by atoms with Crippen molar-refractivity contribution in [1.29, 1.82) is 0 Å². The lowest BCUT2D eigenvalue weighted by atomic mass is 10.0. The van der Waals surface area contributed by atoms with E-state index in [4.69, 9.17) is 5.73 Å². The maximum Gasteiger partial charge on any atom is 0.109 e. The van der Waals surface area contributed by atoms with Crippen molar-refractivity contribution < 1.29 is 4.39 Å². The Morgan fingerprint density at radius 1 is 1.15 bits per heavy atom. The fourth-order valence-corrected chi connectivity index (χ4v) is 2.05. The van der Waals surface area contributed by atoms with Crippen LogP contribution in [0.5, 0.6) is 0 Å². The molecule has 0 fully saturated rings. The van der Waals surface area contributed by atoms with E-state index in [-0.39, 0.29) is 24.8 Å². The van der Waals surface area contributed by atoms with Gasteiger partial charge in [-0.15, -0.1) is 0 Å². The quantitative estimate of drug-likeness (QED) is 0.547. The van der Waals surface area contributed by atoms with Gasteiger partial charge in [-0.1, -0.05) is 40.3 Å². The highest BCUT2D eigenvalue weighted by Gasteiger charge is 2.15. The van der Waals surface area contributed by atoms with Crippen LogP contribution in [0.15, 0.2) is 24.6 Å². The third-order valence-corrected chi connectivity index (χ3v) is 3.31. The first kappa shape index (κ1) is 19.0. The van der Waals surface area contributed by atoms with E-state index in [0.29, 0.717) is 5.92 Å². The van der Waals surface area contributed by atoms with Crippen LogP contribution in [-0.4, -0.2) is 24.8 Å². The molecular formula is C16H32FN3. The molecule has 0 bridgehead atoms. The minimum absolute atomic E-state index is 0.0216. The fourth-order valence-electron chi connectivity index (χ4n) is 2.05. The second kappa shape index (κ2) is 9.81. The normalized spacial score (nSPS) is 15.6. The van der Waals surface area contributed by atoms with Crippen LogP contribution in [0.4, 0.5) is 4.39 Å². The molecule has 0 aromatic heterocycles. The molecule has 0 spiro atoms. The van der Waals surface area contributed by atoms with Crippen molar-refractivity contribution in [3.8, 4) is 0 Å². The Morgan fingerprint density at radius 2 is 1.75 bits per heavy atom. The molecule has 0 amide bonds. The molecule has 0 saturated carbocycles. The molecule has 0 aromatic rings. The summed E-state index contributed by atoms with van der Waals surface area (Å²) in [5.41, 5.74) is 7.65. The Labute approximate surface area is 123 Å². The summed E-state index contributed by atoms with van der Waals surface area (Å²) in [5.74, 6) is 0.528. The molecule has 0 saturated heterocycles. The molecule has 20 heavy (non-hydrogen) atoms. The minimum atomic E-state index is -0.382. The lowest BCUT2D eigenvalue weighted by molar-refractivity contribution is 0.367. The van der Waals surface area contributed by atoms with E-state index < -0.39 is 0 Å². The van der Waals surface area contributed by atoms with Crippen LogP contribution in [-0.2, 0) is 0 Å². The first-order valence-corrected chi connectivity index (χ1v) is 7.53. The first-order chi connectivity index (χ1) is 9.31. The highest BCUT2D eigenvalue weighted by Crippen LogP contribution is 2.10. The average molecular weight is 285 g/mol. The maximum absolute atomic E-state index is 12.8. The largest absolute Gasteiger partial charge is 0.382 e. The second-order valence-electron chi connectivity index (χ2n) is 5.94. The van der Waals surface area contributed by atoms with Gasteiger partial charge in [0.1, 0.15) is 6.67 Å². The zero-order chi connectivity index (χ0) is 15.7. The van der Waals surface area contributed by atoms with Crippen molar-refractivity contribution in [2.45, 2.75) is 65.1 Å². The zero-order valence-corrected chi connectivity index (χ0v) is 13.5. The zero-order valence-electron chi connectivity index (χ0n) is 13.5. The summed E-state index contributed by atoms with van der Waals surface area (Å²) >= 11 is 0. The van der Waals surface area contributed by atoms with Crippen molar-refractivity contribution in [2.24, 2.45) is 11.7 Å². The van der Waals surface area contributed by atoms with E-state index in [1.54, 1.807) is 0 Å². The van der Waals surface area contributed by atoms with Gasteiger partial charge in [-0.2, -0.15) is 0 Å². The average Bonchev–Trinajstić information content (AvgIpc) is 2.36. The van der Waals surface area contributed by atoms with E-state index in [0.717, 1.165) is 30.7 Å². The number of hydrogen-bond acceptors (Lipinski definition) is 3. The Bertz CT molecular complexity index is 302. The van der Waals surface area contributed by atoms with Crippen molar-refractivity contribution in [2.75, 3.05) is 6.67 Å². The van der Waals surface area contributed by atoms with Gasteiger partial charge in [0.15, 0.2) is 0 Å². The standard InChI is InChI=1S/C16H32FN3/c1-7-8-15(10-17)20-13(5)12(4)19-14(6)16(18)9-11(2)3/h11-12,15-16,19-20H,5-10,18H2,1-4H3. The monoisotopic (exact) mass is 285 g/mol. The topological polar surface area (TPSA) is 50.1 Å². The van der Waals surface area contributed by atoms with Gasteiger partial charge in [-0.25, -0.2) is 4.39 Å². The van der Waals surface area contributed by atoms with Gasteiger partial charge in [0.05, 0.1) is 12.1 Å². The van der Waals surface area contributed by atoms with Crippen molar-refractivity contribution in [3.05, 3.63) is 24.6 Å². The predicted octanol–water partition coefficient (Wildman–Crippen LogP) is 3.09. The molecule has 3 nitrogen and oxygen atoms in total. The van der Waals surface area contributed by atoms with E-state index in [2.05, 4.69) is 37.6 Å². The molecule has 0 heterocycles. The fraction of sp³-hybridized carbons (Fsp3) is 0.750. The Kier molecular flexibility index (Phi) is 9.30. The summed E-state index contributed by atoms with van der Waals surface area (Å²) in [7, 11) is 0. The number of halogens is 1. The summed E-state index contributed by atoms with van der Waals surface area (Å²) in [5, 5.41) is 6.39. The molecular weight excluding hydrogens is 253 g/mol. The Balaban J connectivity index is 4.27. The molecule has 0 aliphatic rings. The number of rotatable bonds is 11. The van der Waals surface area contributed by atoms with Gasteiger partial charge in [-0.05, 0) is 25.7 Å². The predicted molar refractivity (Wildman–Crippen MR) is 86.1 cm³/mol. The maximum atomic E-state index is 12.8. The highest BCUT2D eigenvalue weighted by atomic mass is 19.1. The SMILES string of the molecule is C=C(NC(C)C(=C)NC(CF)CCC)C(N)CC(C)C. The molecule has 3 unspecified atom stereocenters. The molecule has 4 N–H and O–H groups in total. The third-order valence-electron chi connectivity index (χ3n) is 3.31. The van der Waals surface area contributed by atoms with Gasteiger partial charge >= 0.3 is 0 Å².